The second kappa shape index (κ2) is 9.01. The Morgan fingerprint density at radius 1 is 0.941 bits per heavy atom. The lowest BCUT2D eigenvalue weighted by molar-refractivity contribution is 0.0192. The summed E-state index contributed by atoms with van der Waals surface area (Å²) in [6, 6.07) is 16.7. The van der Waals surface area contributed by atoms with Crippen molar-refractivity contribution in [2.24, 2.45) is 0 Å². The Balaban J connectivity index is 1.25. The molecule has 2 atom stereocenters. The van der Waals surface area contributed by atoms with Crippen LogP contribution in [-0.4, -0.2) is 64.1 Å². The molecule has 1 saturated heterocycles. The standard InChI is InChI=1S/C28H32N4O2/c33-26-10-4-3-9-25(26)32-19-24-22-8-2-1-7-21(22)20(17-23(24)28(32)34)18-30-13-15-31(16-14-30)27-11-5-6-12-29-27/h1-2,5-8,11-12,17,25-26,33H,3-4,9-10,13-16,18-19H2/t25-,26-/m0/s1. The molecule has 3 aromatic rings. The number of hydrogen-bond acceptors (Lipinski definition) is 5. The van der Waals surface area contributed by atoms with Crippen LogP contribution in [0.3, 0.4) is 0 Å². The van der Waals surface area contributed by atoms with Crippen LogP contribution in [0.1, 0.15) is 47.2 Å². The molecule has 34 heavy (non-hydrogen) atoms. The summed E-state index contributed by atoms with van der Waals surface area (Å²) in [6.07, 6.45) is 5.26. The number of hydrogen-bond donors (Lipinski definition) is 1. The molecular weight excluding hydrogens is 424 g/mol. The Kier molecular flexibility index (Phi) is 5.71. The number of rotatable bonds is 4. The minimum absolute atomic E-state index is 0.0597. The van der Waals surface area contributed by atoms with E-state index in [0.29, 0.717) is 6.54 Å². The number of aliphatic hydroxyl groups is 1. The number of anilines is 1. The zero-order valence-corrected chi connectivity index (χ0v) is 19.6. The summed E-state index contributed by atoms with van der Waals surface area (Å²) < 4.78 is 0. The molecule has 0 spiro atoms. The summed E-state index contributed by atoms with van der Waals surface area (Å²) in [5.74, 6) is 1.13. The predicted molar refractivity (Wildman–Crippen MR) is 134 cm³/mol. The largest absolute Gasteiger partial charge is 0.391 e. The molecule has 1 saturated carbocycles. The van der Waals surface area contributed by atoms with Crippen LogP contribution < -0.4 is 4.90 Å². The first kappa shape index (κ1) is 21.6. The Morgan fingerprint density at radius 3 is 2.47 bits per heavy atom. The van der Waals surface area contributed by atoms with Gasteiger partial charge in [0.25, 0.3) is 5.91 Å². The van der Waals surface area contributed by atoms with Crippen LogP contribution in [0.2, 0.25) is 0 Å². The molecule has 1 amide bonds. The van der Waals surface area contributed by atoms with Crippen molar-refractivity contribution in [1.82, 2.24) is 14.8 Å². The van der Waals surface area contributed by atoms with Crippen molar-refractivity contribution in [2.45, 2.75) is 50.9 Å². The molecule has 6 nitrogen and oxygen atoms in total. The number of fused-ring (bicyclic) bond motifs is 3. The smallest absolute Gasteiger partial charge is 0.254 e. The number of amides is 1. The van der Waals surface area contributed by atoms with Gasteiger partial charge in [0.2, 0.25) is 0 Å². The minimum Gasteiger partial charge on any atom is -0.391 e. The highest BCUT2D eigenvalue weighted by atomic mass is 16.3. The van der Waals surface area contributed by atoms with Gasteiger partial charge in [0, 0.05) is 51.0 Å². The summed E-state index contributed by atoms with van der Waals surface area (Å²) in [4.78, 5) is 24.8. The van der Waals surface area contributed by atoms with Crippen LogP contribution in [0.5, 0.6) is 0 Å². The van der Waals surface area contributed by atoms with Crippen LogP contribution >= 0.6 is 0 Å². The number of carbonyl (C=O) groups excluding carboxylic acids is 1. The third kappa shape index (κ3) is 3.85. The highest BCUT2D eigenvalue weighted by Crippen LogP contribution is 2.37. The fourth-order valence-electron chi connectivity index (χ4n) is 6.04. The molecule has 1 aromatic heterocycles. The zero-order chi connectivity index (χ0) is 23.1. The SMILES string of the molecule is O=C1c2cc(CN3CCN(c4ccccn4)CC3)c3ccccc3c2CN1[C@H]1CCCC[C@@H]1O. The van der Waals surface area contributed by atoms with Gasteiger partial charge >= 0.3 is 0 Å². The van der Waals surface area contributed by atoms with Crippen molar-refractivity contribution in [2.75, 3.05) is 31.1 Å². The van der Waals surface area contributed by atoms with Crippen molar-refractivity contribution >= 4 is 22.5 Å². The number of pyridine rings is 1. The minimum atomic E-state index is -0.409. The number of benzene rings is 2. The zero-order valence-electron chi connectivity index (χ0n) is 19.6. The fourth-order valence-corrected chi connectivity index (χ4v) is 6.04. The van der Waals surface area contributed by atoms with Crippen molar-refractivity contribution in [3.63, 3.8) is 0 Å². The van der Waals surface area contributed by atoms with Gasteiger partial charge in [-0.2, -0.15) is 0 Å². The lowest BCUT2D eigenvalue weighted by Gasteiger charge is -2.35. The van der Waals surface area contributed by atoms with E-state index in [0.717, 1.165) is 75.4 Å². The van der Waals surface area contributed by atoms with Gasteiger partial charge in [-0.05, 0) is 52.9 Å². The van der Waals surface area contributed by atoms with Crippen LogP contribution in [0.15, 0.2) is 54.7 Å². The van der Waals surface area contributed by atoms with E-state index >= 15 is 0 Å². The molecule has 6 rings (SSSR count). The Hall–Kier alpha value is -2.96. The van der Waals surface area contributed by atoms with E-state index in [4.69, 9.17) is 0 Å². The third-order valence-corrected chi connectivity index (χ3v) is 7.90. The number of nitrogens with zero attached hydrogens (tertiary/aromatic N) is 4. The third-order valence-electron chi connectivity index (χ3n) is 7.90. The van der Waals surface area contributed by atoms with E-state index in [2.05, 4.69) is 51.2 Å². The number of aliphatic hydroxyl groups excluding tert-OH is 1. The van der Waals surface area contributed by atoms with Gasteiger partial charge < -0.3 is 14.9 Å². The number of aromatic nitrogens is 1. The van der Waals surface area contributed by atoms with E-state index in [1.54, 1.807) is 0 Å². The summed E-state index contributed by atoms with van der Waals surface area (Å²) in [5.41, 5.74) is 3.18. The van der Waals surface area contributed by atoms with Crippen molar-refractivity contribution in [1.29, 1.82) is 0 Å². The van der Waals surface area contributed by atoms with Crippen LogP contribution in [0.25, 0.3) is 10.8 Å². The van der Waals surface area contributed by atoms with Gasteiger partial charge in [0.1, 0.15) is 5.82 Å². The molecule has 2 aliphatic heterocycles. The molecule has 176 valence electrons. The summed E-state index contributed by atoms with van der Waals surface area (Å²) >= 11 is 0. The maximum Gasteiger partial charge on any atom is 0.254 e. The average molecular weight is 457 g/mol. The normalized spacial score (nSPS) is 23.5. The maximum absolute atomic E-state index is 13.5. The van der Waals surface area contributed by atoms with E-state index < -0.39 is 6.10 Å². The van der Waals surface area contributed by atoms with Crippen LogP contribution in [0, 0.1) is 0 Å². The lowest BCUT2D eigenvalue weighted by atomic mass is 9.91. The maximum atomic E-state index is 13.5. The molecule has 2 aromatic carbocycles. The first-order valence-electron chi connectivity index (χ1n) is 12.6. The van der Waals surface area contributed by atoms with Gasteiger partial charge in [-0.25, -0.2) is 4.98 Å². The molecule has 3 heterocycles. The first-order valence-corrected chi connectivity index (χ1v) is 12.6. The summed E-state index contributed by atoms with van der Waals surface area (Å²) in [7, 11) is 0. The molecule has 0 radical (unpaired) electrons. The van der Waals surface area contributed by atoms with Gasteiger partial charge in [-0.3, -0.25) is 9.69 Å². The highest BCUT2D eigenvalue weighted by molar-refractivity contribution is 6.05. The number of piperazine rings is 1. The molecule has 0 unspecified atom stereocenters. The van der Waals surface area contributed by atoms with Crippen molar-refractivity contribution in [3.8, 4) is 0 Å². The second-order valence-electron chi connectivity index (χ2n) is 9.91. The summed E-state index contributed by atoms with van der Waals surface area (Å²) in [6.45, 7) is 5.29. The highest BCUT2D eigenvalue weighted by Gasteiger charge is 2.38. The molecule has 1 N–H and O–H groups in total. The Bertz CT molecular complexity index is 1190. The molecule has 2 fully saturated rings. The summed E-state index contributed by atoms with van der Waals surface area (Å²) in [5, 5.41) is 13.0. The molecule has 6 heteroatoms. The molecular formula is C28H32N4O2. The Morgan fingerprint density at radius 2 is 1.71 bits per heavy atom. The Labute approximate surface area is 200 Å². The van der Waals surface area contributed by atoms with E-state index in [9.17, 15) is 9.90 Å². The number of carbonyl (C=O) groups is 1. The topological polar surface area (TPSA) is 59.9 Å². The van der Waals surface area contributed by atoms with Crippen LogP contribution in [0.4, 0.5) is 5.82 Å². The average Bonchev–Trinajstić information content (AvgIpc) is 3.21. The van der Waals surface area contributed by atoms with Gasteiger partial charge in [-0.1, -0.05) is 43.2 Å². The lowest BCUT2D eigenvalue weighted by Crippen LogP contribution is -2.46. The van der Waals surface area contributed by atoms with Crippen molar-refractivity contribution < 1.29 is 9.90 Å². The van der Waals surface area contributed by atoms with E-state index in [1.165, 1.54) is 16.3 Å². The molecule has 0 bridgehead atoms. The van der Waals surface area contributed by atoms with Crippen molar-refractivity contribution in [3.05, 3.63) is 71.4 Å². The van der Waals surface area contributed by atoms with Crippen LogP contribution in [-0.2, 0) is 13.1 Å². The monoisotopic (exact) mass is 456 g/mol. The second-order valence-corrected chi connectivity index (χ2v) is 9.91. The predicted octanol–water partition coefficient (Wildman–Crippen LogP) is 3.82. The fraction of sp³-hybridized carbons (Fsp3) is 0.429. The van der Waals surface area contributed by atoms with Gasteiger partial charge in [0.15, 0.2) is 0 Å². The van der Waals surface area contributed by atoms with E-state index in [1.807, 2.05) is 23.2 Å². The van der Waals surface area contributed by atoms with E-state index in [-0.39, 0.29) is 11.9 Å². The first-order chi connectivity index (χ1) is 16.7. The quantitative estimate of drug-likeness (QED) is 0.647. The molecule has 3 aliphatic rings. The molecule has 1 aliphatic carbocycles. The van der Waals surface area contributed by atoms with Gasteiger partial charge in [-0.15, -0.1) is 0 Å². The van der Waals surface area contributed by atoms with Gasteiger partial charge in [0.05, 0.1) is 12.1 Å².